The van der Waals surface area contributed by atoms with E-state index in [1.165, 1.54) is 56.6 Å². The first-order valence-electron chi connectivity index (χ1n) is 18.7. The standard InChI is InChI=1S/C41H31ClF4N6O10/c1-48(2)35-30(51(58)59)15-23(16-31(35)52(60)61)49-36(54)26-13-12-25-27(33(26)38(49)56)18-29-37(55)50(47-22-9-7-21(43)8-10-22)39(57)40(29,19-3-5-20(42)6-4-19)34(25)28-17-24(11-14-32(28)53)62-41(44,45)46/h3-12,14-17,26-27,29,33-34,47,53H,13,18H2,1-2H3/t26-,27+,29-,33-,34+,40+/m0/s1. The highest BCUT2D eigenvalue weighted by Crippen LogP contribution is 2.65. The van der Waals surface area contributed by atoms with Crippen LogP contribution in [-0.2, 0) is 24.6 Å². The van der Waals surface area contributed by atoms with Crippen molar-refractivity contribution in [2.75, 3.05) is 29.3 Å². The number of rotatable bonds is 9. The van der Waals surface area contributed by atoms with Crippen LogP contribution in [0.4, 0.5) is 46.0 Å². The monoisotopic (exact) mass is 878 g/mol. The van der Waals surface area contributed by atoms with Crippen LogP contribution < -0.4 is 20.0 Å². The lowest BCUT2D eigenvalue weighted by Crippen LogP contribution is -2.53. The number of hydrazine groups is 1. The molecule has 0 unspecified atom stereocenters. The molecule has 2 aliphatic carbocycles. The number of nitro benzene ring substituents is 2. The lowest BCUT2D eigenvalue weighted by molar-refractivity contribution is -0.392. The third-order valence-electron chi connectivity index (χ3n) is 12.0. The highest BCUT2D eigenvalue weighted by atomic mass is 35.5. The Morgan fingerprint density at radius 3 is 2.10 bits per heavy atom. The van der Waals surface area contributed by atoms with E-state index in [-0.39, 0.29) is 40.3 Å². The zero-order chi connectivity index (χ0) is 44.7. The SMILES string of the molecule is CN(C)c1c([N+](=O)[O-])cc(N2C(=O)[C@H]3[C@H](CC=C4[C@H]3C[C@H]3C(=O)N(Nc5ccc(F)cc5)C(=O)[C@@]3(c3ccc(Cl)cc3)[C@H]4c3cc(OC(F)(F)F)ccc3O)C2=O)cc1[N+](=O)[O-]. The molecule has 4 aromatic carbocycles. The molecule has 0 bridgehead atoms. The number of allylic oxidation sites excluding steroid dienone is 2. The van der Waals surface area contributed by atoms with Crippen molar-refractivity contribution in [1.29, 1.82) is 0 Å². The maximum Gasteiger partial charge on any atom is 0.573 e. The van der Waals surface area contributed by atoms with Gasteiger partial charge in [-0.15, -0.1) is 13.2 Å². The van der Waals surface area contributed by atoms with Crippen LogP contribution in [-0.4, -0.2) is 64.0 Å². The molecule has 2 saturated heterocycles. The molecular weight excluding hydrogens is 848 g/mol. The minimum absolute atomic E-state index is 0.0883. The van der Waals surface area contributed by atoms with Crippen molar-refractivity contribution in [1.82, 2.24) is 5.01 Å². The summed E-state index contributed by atoms with van der Waals surface area (Å²) in [6.07, 6.45) is -4.27. The lowest BCUT2D eigenvalue weighted by atomic mass is 9.49. The third kappa shape index (κ3) is 6.52. The lowest BCUT2D eigenvalue weighted by Gasteiger charge is -2.50. The first-order chi connectivity index (χ1) is 29.2. The fourth-order valence-corrected chi connectivity index (χ4v) is 9.80. The van der Waals surface area contributed by atoms with Crippen molar-refractivity contribution in [2.24, 2.45) is 23.7 Å². The van der Waals surface area contributed by atoms with Gasteiger partial charge >= 0.3 is 17.7 Å². The number of phenolic OH excluding ortho intramolecular Hbond substituents is 1. The maximum absolute atomic E-state index is 15.3. The minimum Gasteiger partial charge on any atom is -0.508 e. The van der Waals surface area contributed by atoms with Gasteiger partial charge in [0.1, 0.15) is 17.3 Å². The molecule has 2 aliphatic heterocycles. The van der Waals surface area contributed by atoms with Crippen molar-refractivity contribution in [3.05, 3.63) is 133 Å². The predicted molar refractivity (Wildman–Crippen MR) is 210 cm³/mol. The van der Waals surface area contributed by atoms with E-state index >= 15 is 4.79 Å². The van der Waals surface area contributed by atoms with Crippen LogP contribution in [0, 0.1) is 49.7 Å². The fraction of sp³-hybridized carbons (Fsp3) is 0.268. The number of fused-ring (bicyclic) bond motifs is 4. The van der Waals surface area contributed by atoms with Crippen molar-refractivity contribution >= 4 is 63.7 Å². The van der Waals surface area contributed by atoms with Gasteiger partial charge in [-0.3, -0.25) is 44.8 Å². The Bertz CT molecular complexity index is 2610. The normalized spacial score (nSPS) is 24.3. The molecule has 0 radical (unpaired) electrons. The van der Waals surface area contributed by atoms with E-state index < -0.39 is 115 Å². The molecule has 1 saturated carbocycles. The van der Waals surface area contributed by atoms with Gasteiger partial charge in [0, 0.05) is 42.7 Å². The number of carbonyl (C=O) groups excluding carboxylic acids is 4. The van der Waals surface area contributed by atoms with Gasteiger partial charge in [-0.05, 0) is 78.9 Å². The van der Waals surface area contributed by atoms with E-state index in [0.717, 1.165) is 47.4 Å². The molecule has 8 rings (SSSR count). The average Bonchev–Trinajstić information content (AvgIpc) is 3.59. The highest BCUT2D eigenvalue weighted by molar-refractivity contribution is 6.30. The van der Waals surface area contributed by atoms with Gasteiger partial charge in [-0.1, -0.05) is 35.4 Å². The van der Waals surface area contributed by atoms with Gasteiger partial charge in [0.15, 0.2) is 5.69 Å². The number of imide groups is 2. The molecule has 2 heterocycles. The summed E-state index contributed by atoms with van der Waals surface area (Å²) in [5.74, 6) is -12.5. The van der Waals surface area contributed by atoms with E-state index in [0.29, 0.717) is 9.91 Å². The molecule has 320 valence electrons. The molecule has 21 heteroatoms. The molecule has 16 nitrogen and oxygen atoms in total. The number of alkyl halides is 3. The number of hydrogen-bond donors (Lipinski definition) is 2. The van der Waals surface area contributed by atoms with E-state index in [9.17, 15) is 57.3 Å². The Hall–Kier alpha value is -7.09. The number of nitro groups is 2. The van der Waals surface area contributed by atoms with Crippen LogP contribution in [0.3, 0.4) is 0 Å². The van der Waals surface area contributed by atoms with Gasteiger partial charge in [0.2, 0.25) is 11.8 Å². The van der Waals surface area contributed by atoms with Gasteiger partial charge in [0.25, 0.3) is 11.8 Å². The van der Waals surface area contributed by atoms with Gasteiger partial charge in [0.05, 0.1) is 44.4 Å². The summed E-state index contributed by atoms with van der Waals surface area (Å²) < 4.78 is 59.2. The van der Waals surface area contributed by atoms with Crippen molar-refractivity contribution in [3.63, 3.8) is 0 Å². The zero-order valence-electron chi connectivity index (χ0n) is 32.1. The zero-order valence-corrected chi connectivity index (χ0v) is 32.9. The van der Waals surface area contributed by atoms with Crippen LogP contribution in [0.25, 0.3) is 0 Å². The Morgan fingerprint density at radius 2 is 1.52 bits per heavy atom. The van der Waals surface area contributed by atoms with Crippen molar-refractivity contribution < 1.29 is 56.4 Å². The number of halogens is 5. The highest BCUT2D eigenvalue weighted by Gasteiger charge is 2.71. The Balaban J connectivity index is 1.34. The topological polar surface area (TPSA) is 206 Å². The summed E-state index contributed by atoms with van der Waals surface area (Å²) >= 11 is 6.28. The first-order valence-corrected chi connectivity index (χ1v) is 19.1. The smallest absolute Gasteiger partial charge is 0.508 e. The van der Waals surface area contributed by atoms with Crippen LogP contribution in [0.1, 0.15) is 29.9 Å². The first kappa shape index (κ1) is 41.6. The van der Waals surface area contributed by atoms with Gasteiger partial charge in [-0.2, -0.15) is 5.01 Å². The van der Waals surface area contributed by atoms with E-state index in [2.05, 4.69) is 10.2 Å². The molecule has 0 aromatic heterocycles. The molecule has 3 fully saturated rings. The van der Waals surface area contributed by atoms with E-state index in [1.54, 1.807) is 0 Å². The third-order valence-corrected chi connectivity index (χ3v) is 12.2. The Kier molecular flexibility index (Phi) is 9.95. The molecule has 4 amide bonds. The minimum atomic E-state index is -5.21. The van der Waals surface area contributed by atoms with E-state index in [4.69, 9.17) is 11.6 Å². The van der Waals surface area contributed by atoms with Crippen LogP contribution in [0.15, 0.2) is 90.5 Å². The van der Waals surface area contributed by atoms with Gasteiger partial charge in [-0.25, -0.2) is 9.29 Å². The van der Waals surface area contributed by atoms with E-state index in [1.807, 2.05) is 0 Å². The number of hydrogen-bond acceptors (Lipinski definition) is 12. The summed E-state index contributed by atoms with van der Waals surface area (Å²) in [5, 5.41) is 36.9. The number of nitrogens with zero attached hydrogens (tertiary/aromatic N) is 5. The second-order valence-corrected chi connectivity index (χ2v) is 15.8. The van der Waals surface area contributed by atoms with Crippen LogP contribution in [0.5, 0.6) is 11.5 Å². The molecule has 4 aliphatic rings. The second-order valence-electron chi connectivity index (χ2n) is 15.4. The maximum atomic E-state index is 15.3. The quantitative estimate of drug-likeness (QED) is 0.0565. The molecular formula is C41H31ClF4N6O10. The summed E-state index contributed by atoms with van der Waals surface area (Å²) in [6.45, 7) is 0. The van der Waals surface area contributed by atoms with Crippen LogP contribution in [0.2, 0.25) is 5.02 Å². The Labute approximate surface area is 352 Å². The van der Waals surface area contributed by atoms with Crippen LogP contribution >= 0.6 is 11.6 Å². The molecule has 0 spiro atoms. The number of ether oxygens (including phenoxy) is 1. The molecule has 2 N–H and O–H groups in total. The second kappa shape index (κ2) is 14.8. The van der Waals surface area contributed by atoms with Crippen molar-refractivity contribution in [2.45, 2.75) is 30.5 Å². The molecule has 4 aromatic rings. The number of benzene rings is 4. The number of anilines is 3. The summed E-state index contributed by atoms with van der Waals surface area (Å²) in [6, 6.07) is 14.7. The number of aromatic hydroxyl groups is 1. The largest absolute Gasteiger partial charge is 0.573 e. The average molecular weight is 879 g/mol. The van der Waals surface area contributed by atoms with Gasteiger partial charge < -0.3 is 14.7 Å². The predicted octanol–water partition coefficient (Wildman–Crippen LogP) is 7.16. The number of nitrogens with one attached hydrogen (secondary N) is 1. The summed E-state index contributed by atoms with van der Waals surface area (Å²) in [5.41, 5.74) is -1.73. The molecule has 62 heavy (non-hydrogen) atoms. The number of amides is 4. The number of carbonyl (C=O) groups is 4. The Morgan fingerprint density at radius 1 is 0.887 bits per heavy atom. The molecule has 6 atom stereocenters. The summed E-state index contributed by atoms with van der Waals surface area (Å²) in [4.78, 5) is 83.7. The number of phenols is 1. The summed E-state index contributed by atoms with van der Waals surface area (Å²) in [7, 11) is 2.67. The fourth-order valence-electron chi connectivity index (χ4n) is 9.67. The van der Waals surface area contributed by atoms with Crippen molar-refractivity contribution in [3.8, 4) is 11.5 Å².